The molecule has 0 aliphatic heterocycles. The SMILES string of the molecule is Cc1cc(-c2[c-]c(F)c(F)c(F)c2)ncc1-c1ccccc1.[Ir].[c-]1ccccc1-c1ccccn1. The summed E-state index contributed by atoms with van der Waals surface area (Å²) in [5.41, 5.74) is 5.26. The summed E-state index contributed by atoms with van der Waals surface area (Å²) in [4.78, 5) is 8.43. The first-order valence-electron chi connectivity index (χ1n) is 10.5. The minimum absolute atomic E-state index is 0. The molecule has 5 rings (SSSR count). The average molecular weight is 645 g/mol. The van der Waals surface area contributed by atoms with E-state index in [-0.39, 0.29) is 25.7 Å². The van der Waals surface area contributed by atoms with E-state index in [0.29, 0.717) is 5.69 Å². The Hall–Kier alpha value is -3.60. The van der Waals surface area contributed by atoms with Crippen LogP contribution in [-0.4, -0.2) is 9.97 Å². The molecular formula is C29H19F3IrN2-2. The maximum Gasteiger partial charge on any atom is 0.108 e. The molecule has 5 aromatic rings. The number of hydrogen-bond acceptors (Lipinski definition) is 2. The van der Waals surface area contributed by atoms with Crippen molar-refractivity contribution in [3.8, 4) is 33.6 Å². The fourth-order valence-corrected chi connectivity index (χ4v) is 3.34. The summed E-state index contributed by atoms with van der Waals surface area (Å²) >= 11 is 0. The first kappa shape index (κ1) is 26.0. The Morgan fingerprint density at radius 2 is 1.49 bits per heavy atom. The second-order valence-corrected chi connectivity index (χ2v) is 7.40. The molecule has 3 aromatic carbocycles. The molecule has 0 spiro atoms. The number of nitrogens with zero attached hydrogens (tertiary/aromatic N) is 2. The molecule has 0 bridgehead atoms. The monoisotopic (exact) mass is 645 g/mol. The van der Waals surface area contributed by atoms with Crippen molar-refractivity contribution in [2.24, 2.45) is 0 Å². The molecule has 2 nitrogen and oxygen atoms in total. The van der Waals surface area contributed by atoms with Gasteiger partial charge in [-0.05, 0) is 35.5 Å². The molecule has 6 heteroatoms. The van der Waals surface area contributed by atoms with Gasteiger partial charge in [0.1, 0.15) is 5.82 Å². The number of benzene rings is 3. The van der Waals surface area contributed by atoms with Gasteiger partial charge in [-0.15, -0.1) is 53.6 Å². The Morgan fingerprint density at radius 1 is 0.743 bits per heavy atom. The van der Waals surface area contributed by atoms with Crippen LogP contribution >= 0.6 is 0 Å². The number of rotatable bonds is 3. The van der Waals surface area contributed by atoms with E-state index in [2.05, 4.69) is 22.1 Å². The summed E-state index contributed by atoms with van der Waals surface area (Å²) in [6, 6.07) is 31.2. The van der Waals surface area contributed by atoms with Crippen LogP contribution in [0.5, 0.6) is 0 Å². The van der Waals surface area contributed by atoms with Crippen molar-refractivity contribution in [2.45, 2.75) is 6.92 Å². The van der Waals surface area contributed by atoms with Crippen molar-refractivity contribution in [3.63, 3.8) is 0 Å². The Kier molecular flexibility index (Phi) is 9.07. The molecule has 0 fully saturated rings. The van der Waals surface area contributed by atoms with Crippen molar-refractivity contribution in [3.05, 3.63) is 132 Å². The predicted molar refractivity (Wildman–Crippen MR) is 127 cm³/mol. The van der Waals surface area contributed by atoms with Gasteiger partial charge in [0.05, 0.1) is 11.6 Å². The number of halogens is 3. The molecule has 0 amide bonds. The van der Waals surface area contributed by atoms with Crippen molar-refractivity contribution >= 4 is 0 Å². The van der Waals surface area contributed by atoms with Gasteiger partial charge >= 0.3 is 0 Å². The molecule has 0 unspecified atom stereocenters. The van der Waals surface area contributed by atoms with E-state index < -0.39 is 17.5 Å². The minimum atomic E-state index is -1.53. The fraction of sp³-hybridized carbons (Fsp3) is 0.0345. The van der Waals surface area contributed by atoms with Gasteiger partial charge in [-0.1, -0.05) is 48.5 Å². The second kappa shape index (κ2) is 12.2. The quantitative estimate of drug-likeness (QED) is 0.150. The molecule has 0 saturated heterocycles. The first-order valence-corrected chi connectivity index (χ1v) is 10.5. The zero-order valence-corrected chi connectivity index (χ0v) is 21.0. The van der Waals surface area contributed by atoms with Crippen LogP contribution in [0.25, 0.3) is 33.6 Å². The van der Waals surface area contributed by atoms with Gasteiger partial charge in [0, 0.05) is 38.1 Å². The van der Waals surface area contributed by atoms with Crippen LogP contribution in [0.1, 0.15) is 5.56 Å². The number of aryl methyl sites for hydroxylation is 1. The van der Waals surface area contributed by atoms with Crippen molar-refractivity contribution in [1.82, 2.24) is 9.97 Å². The molecule has 0 aliphatic rings. The van der Waals surface area contributed by atoms with Gasteiger partial charge < -0.3 is 9.97 Å². The number of pyridine rings is 2. The van der Waals surface area contributed by atoms with Crippen molar-refractivity contribution < 1.29 is 33.3 Å². The largest absolute Gasteiger partial charge is 0.305 e. The normalized spacial score (nSPS) is 10.1. The maximum absolute atomic E-state index is 13.3. The smallest absolute Gasteiger partial charge is 0.108 e. The van der Waals surface area contributed by atoms with Gasteiger partial charge in [0.15, 0.2) is 0 Å². The molecule has 2 aromatic heterocycles. The summed E-state index contributed by atoms with van der Waals surface area (Å²) in [6.07, 6.45) is 3.42. The summed E-state index contributed by atoms with van der Waals surface area (Å²) < 4.78 is 39.6. The van der Waals surface area contributed by atoms with Crippen molar-refractivity contribution in [2.75, 3.05) is 0 Å². The average Bonchev–Trinajstić information content (AvgIpc) is 2.89. The number of hydrogen-bond donors (Lipinski definition) is 0. The van der Waals surface area contributed by atoms with E-state index in [0.717, 1.165) is 34.0 Å². The Morgan fingerprint density at radius 3 is 2.11 bits per heavy atom. The molecule has 177 valence electrons. The maximum atomic E-state index is 13.3. The predicted octanol–water partition coefficient (Wildman–Crippen LogP) is 7.49. The molecule has 0 N–H and O–H groups in total. The first-order chi connectivity index (χ1) is 16.5. The van der Waals surface area contributed by atoms with E-state index in [1.807, 2.05) is 79.7 Å². The molecule has 2 heterocycles. The van der Waals surface area contributed by atoms with Gasteiger partial charge in [-0.3, -0.25) is 4.39 Å². The summed E-state index contributed by atoms with van der Waals surface area (Å²) in [7, 11) is 0. The third kappa shape index (κ3) is 6.50. The molecular weight excluding hydrogens is 626 g/mol. The molecule has 35 heavy (non-hydrogen) atoms. The van der Waals surface area contributed by atoms with Gasteiger partial charge in [0.2, 0.25) is 0 Å². The summed E-state index contributed by atoms with van der Waals surface area (Å²) in [5, 5.41) is 0. The van der Waals surface area contributed by atoms with Crippen molar-refractivity contribution in [1.29, 1.82) is 0 Å². The minimum Gasteiger partial charge on any atom is -0.305 e. The fourth-order valence-electron chi connectivity index (χ4n) is 3.34. The third-order valence-electron chi connectivity index (χ3n) is 5.04. The van der Waals surface area contributed by atoms with Gasteiger partial charge in [-0.25, -0.2) is 8.78 Å². The van der Waals surface area contributed by atoms with E-state index in [1.54, 1.807) is 18.5 Å². The van der Waals surface area contributed by atoms with Crippen LogP contribution < -0.4 is 0 Å². The zero-order chi connectivity index (χ0) is 23.9. The topological polar surface area (TPSA) is 25.8 Å². The standard InChI is InChI=1S/C18H11F3N.C11H8N.Ir/c1-11-7-17(13-8-15(19)18(21)16(20)9-13)22-10-14(11)12-5-3-2-4-6-12;1-2-6-10(7-3-1)11-8-4-5-9-12-11;/h2-8,10H,1H3;1-6,8-9H;/q2*-1;. The van der Waals surface area contributed by atoms with Gasteiger partial charge in [-0.2, -0.15) is 0 Å². The van der Waals surface area contributed by atoms with Gasteiger partial charge in [0.25, 0.3) is 0 Å². The molecule has 0 saturated carbocycles. The van der Waals surface area contributed by atoms with E-state index >= 15 is 0 Å². The van der Waals surface area contributed by atoms with Crippen LogP contribution in [0.2, 0.25) is 0 Å². The Balaban J connectivity index is 0.000000223. The van der Waals surface area contributed by atoms with Crippen LogP contribution in [0, 0.1) is 36.5 Å². The zero-order valence-electron chi connectivity index (χ0n) is 18.6. The van der Waals surface area contributed by atoms with E-state index in [1.165, 1.54) is 0 Å². The summed E-state index contributed by atoms with van der Waals surface area (Å²) in [6.45, 7) is 1.88. The summed E-state index contributed by atoms with van der Waals surface area (Å²) in [5.74, 6) is -4.12. The third-order valence-corrected chi connectivity index (χ3v) is 5.04. The second-order valence-electron chi connectivity index (χ2n) is 7.40. The van der Waals surface area contributed by atoms with E-state index in [4.69, 9.17) is 0 Å². The molecule has 0 aliphatic carbocycles. The van der Waals surface area contributed by atoms with Crippen LogP contribution in [0.4, 0.5) is 13.2 Å². The molecule has 0 atom stereocenters. The van der Waals surface area contributed by atoms with Crippen LogP contribution in [0.3, 0.4) is 0 Å². The molecule has 1 radical (unpaired) electrons. The Labute approximate surface area is 215 Å². The van der Waals surface area contributed by atoms with E-state index in [9.17, 15) is 13.2 Å². The van der Waals surface area contributed by atoms with Crippen LogP contribution in [-0.2, 0) is 20.1 Å². The Bertz CT molecular complexity index is 1320. The van der Waals surface area contributed by atoms with Crippen LogP contribution in [0.15, 0.2) is 97.3 Å². The number of aromatic nitrogens is 2.